The van der Waals surface area contributed by atoms with Gasteiger partial charge >= 0.3 is 0 Å². The van der Waals surface area contributed by atoms with E-state index < -0.39 is 0 Å². The summed E-state index contributed by atoms with van der Waals surface area (Å²) >= 11 is 0. The largest absolute Gasteiger partial charge is 0.383 e. The van der Waals surface area contributed by atoms with Crippen LogP contribution >= 0.6 is 0 Å². The second-order valence-corrected chi connectivity index (χ2v) is 6.01. The topological polar surface area (TPSA) is 85.3 Å². The number of anilines is 2. The van der Waals surface area contributed by atoms with E-state index in [2.05, 4.69) is 15.3 Å². The Balaban J connectivity index is 1.76. The molecule has 3 heterocycles. The van der Waals surface area contributed by atoms with E-state index in [1.165, 1.54) is 6.92 Å². The van der Waals surface area contributed by atoms with Gasteiger partial charge in [-0.05, 0) is 23.8 Å². The first-order valence-corrected chi connectivity index (χ1v) is 8.18. The fraction of sp³-hybridized carbons (Fsp3) is 0.0500. The summed E-state index contributed by atoms with van der Waals surface area (Å²) in [6, 6.07) is 15.8. The van der Waals surface area contributed by atoms with Crippen molar-refractivity contribution < 1.29 is 4.79 Å². The molecule has 1 amide bonds. The summed E-state index contributed by atoms with van der Waals surface area (Å²) < 4.78 is 1.87. The quantitative estimate of drug-likeness (QED) is 0.595. The molecule has 0 unspecified atom stereocenters. The zero-order chi connectivity index (χ0) is 18.1. The zero-order valence-corrected chi connectivity index (χ0v) is 14.2. The van der Waals surface area contributed by atoms with Crippen molar-refractivity contribution in [2.45, 2.75) is 6.92 Å². The molecule has 0 radical (unpaired) electrons. The third-order valence-corrected chi connectivity index (χ3v) is 4.09. The van der Waals surface area contributed by atoms with Crippen LogP contribution in [-0.2, 0) is 4.79 Å². The standard InChI is InChI=1S/C20H17N5O/c1-13(26)23-18-12-25-11-15(7-8-19(25)24-18)16-9-17(20(21)22-10-16)14-5-3-2-4-6-14/h2-12H,1H3,(H2,21,22)(H,23,26). The van der Waals surface area contributed by atoms with Gasteiger partial charge in [-0.15, -0.1) is 0 Å². The number of imidazole rings is 1. The van der Waals surface area contributed by atoms with E-state index in [4.69, 9.17) is 5.73 Å². The minimum Gasteiger partial charge on any atom is -0.383 e. The molecule has 6 heteroatoms. The number of nitrogens with two attached hydrogens (primary N) is 1. The monoisotopic (exact) mass is 343 g/mol. The van der Waals surface area contributed by atoms with Crippen LogP contribution in [0.5, 0.6) is 0 Å². The van der Waals surface area contributed by atoms with E-state index in [-0.39, 0.29) is 5.91 Å². The Bertz CT molecular complexity index is 1100. The predicted octanol–water partition coefficient (Wildman–Crippen LogP) is 3.60. The van der Waals surface area contributed by atoms with Crippen molar-refractivity contribution in [3.05, 3.63) is 67.1 Å². The van der Waals surface area contributed by atoms with Crippen LogP contribution in [0.4, 0.5) is 11.6 Å². The van der Waals surface area contributed by atoms with Crippen LogP contribution in [0.3, 0.4) is 0 Å². The first kappa shape index (κ1) is 15.8. The van der Waals surface area contributed by atoms with Gasteiger partial charge in [0.05, 0.1) is 6.20 Å². The molecule has 3 N–H and O–H groups in total. The van der Waals surface area contributed by atoms with Crippen LogP contribution in [0.2, 0.25) is 0 Å². The average Bonchev–Trinajstić information content (AvgIpc) is 3.03. The van der Waals surface area contributed by atoms with Crippen LogP contribution in [0.25, 0.3) is 27.9 Å². The van der Waals surface area contributed by atoms with Gasteiger partial charge in [0.25, 0.3) is 0 Å². The molecule has 4 rings (SSSR count). The minimum absolute atomic E-state index is 0.149. The Morgan fingerprint density at radius 1 is 1.04 bits per heavy atom. The lowest BCUT2D eigenvalue weighted by atomic mass is 10.0. The number of carbonyl (C=O) groups is 1. The first-order chi connectivity index (χ1) is 12.6. The SMILES string of the molecule is CC(=O)Nc1cn2cc(-c3cnc(N)c(-c4ccccc4)c3)ccc2n1. The number of hydrogen-bond acceptors (Lipinski definition) is 4. The number of nitrogens with one attached hydrogen (secondary N) is 1. The van der Waals surface area contributed by atoms with E-state index in [1.807, 2.05) is 59.1 Å². The number of benzene rings is 1. The molecule has 128 valence electrons. The molecule has 0 fully saturated rings. The Labute approximate surface area is 150 Å². The molecule has 0 aliphatic heterocycles. The van der Waals surface area contributed by atoms with Crippen LogP contribution in [0.15, 0.2) is 67.1 Å². The molecule has 1 aromatic carbocycles. The lowest BCUT2D eigenvalue weighted by Gasteiger charge is -2.09. The van der Waals surface area contributed by atoms with Crippen LogP contribution in [-0.4, -0.2) is 20.3 Å². The number of rotatable bonds is 3. The summed E-state index contributed by atoms with van der Waals surface area (Å²) in [5.74, 6) is 0.871. The molecule has 3 aromatic heterocycles. The minimum atomic E-state index is -0.149. The number of aromatic nitrogens is 3. The molecular weight excluding hydrogens is 326 g/mol. The highest BCUT2D eigenvalue weighted by atomic mass is 16.1. The second-order valence-electron chi connectivity index (χ2n) is 6.01. The van der Waals surface area contributed by atoms with Crippen LogP contribution < -0.4 is 11.1 Å². The number of nitrogen functional groups attached to an aromatic ring is 1. The van der Waals surface area contributed by atoms with Gasteiger partial charge in [-0.2, -0.15) is 0 Å². The number of amides is 1. The maximum Gasteiger partial charge on any atom is 0.222 e. The fourth-order valence-corrected chi connectivity index (χ4v) is 2.89. The summed E-state index contributed by atoms with van der Waals surface area (Å²) in [4.78, 5) is 19.9. The fourth-order valence-electron chi connectivity index (χ4n) is 2.89. The van der Waals surface area contributed by atoms with Crippen molar-refractivity contribution in [2.75, 3.05) is 11.1 Å². The normalized spacial score (nSPS) is 10.8. The Kier molecular flexibility index (Phi) is 3.85. The smallest absolute Gasteiger partial charge is 0.222 e. The lowest BCUT2D eigenvalue weighted by molar-refractivity contribution is -0.114. The van der Waals surface area contributed by atoms with E-state index in [1.54, 1.807) is 12.4 Å². The molecule has 4 aromatic rings. The van der Waals surface area contributed by atoms with E-state index >= 15 is 0 Å². The zero-order valence-electron chi connectivity index (χ0n) is 14.2. The van der Waals surface area contributed by atoms with Gasteiger partial charge in [0, 0.05) is 36.0 Å². The highest BCUT2D eigenvalue weighted by molar-refractivity contribution is 5.88. The molecule has 0 saturated carbocycles. The van der Waals surface area contributed by atoms with Gasteiger partial charge in [-0.3, -0.25) is 4.79 Å². The third-order valence-electron chi connectivity index (χ3n) is 4.09. The molecule has 0 aliphatic carbocycles. The molecule has 6 nitrogen and oxygen atoms in total. The maximum absolute atomic E-state index is 11.2. The number of nitrogens with zero attached hydrogens (tertiary/aromatic N) is 3. The molecular formula is C20H17N5O. The van der Waals surface area contributed by atoms with Crippen molar-refractivity contribution in [3.8, 4) is 22.3 Å². The summed E-state index contributed by atoms with van der Waals surface area (Å²) in [6.45, 7) is 1.46. The summed E-state index contributed by atoms with van der Waals surface area (Å²) in [7, 11) is 0. The maximum atomic E-state index is 11.2. The Morgan fingerprint density at radius 3 is 2.62 bits per heavy atom. The molecule has 26 heavy (non-hydrogen) atoms. The van der Waals surface area contributed by atoms with Gasteiger partial charge < -0.3 is 15.5 Å². The van der Waals surface area contributed by atoms with Gasteiger partial charge in [0.1, 0.15) is 11.5 Å². The summed E-state index contributed by atoms with van der Waals surface area (Å²) in [5, 5.41) is 2.69. The number of carbonyl (C=O) groups excluding carboxylic acids is 1. The Morgan fingerprint density at radius 2 is 1.85 bits per heavy atom. The van der Waals surface area contributed by atoms with Gasteiger partial charge in [0.2, 0.25) is 5.91 Å². The third kappa shape index (κ3) is 3.00. The van der Waals surface area contributed by atoms with Crippen LogP contribution in [0, 0.1) is 0 Å². The predicted molar refractivity (Wildman–Crippen MR) is 103 cm³/mol. The van der Waals surface area contributed by atoms with Gasteiger partial charge in [-0.1, -0.05) is 30.3 Å². The average molecular weight is 343 g/mol. The van der Waals surface area contributed by atoms with Crippen molar-refractivity contribution in [1.82, 2.24) is 14.4 Å². The van der Waals surface area contributed by atoms with Crippen molar-refractivity contribution in [2.24, 2.45) is 0 Å². The summed E-state index contributed by atoms with van der Waals surface area (Å²) in [6.07, 6.45) is 5.49. The number of hydrogen-bond donors (Lipinski definition) is 2. The van der Waals surface area contributed by atoms with E-state index in [9.17, 15) is 4.79 Å². The second kappa shape index (κ2) is 6.33. The highest BCUT2D eigenvalue weighted by Crippen LogP contribution is 2.29. The molecule has 0 saturated heterocycles. The van der Waals surface area contributed by atoms with Crippen LogP contribution in [0.1, 0.15) is 6.92 Å². The van der Waals surface area contributed by atoms with Gasteiger partial charge in [0.15, 0.2) is 5.82 Å². The van der Waals surface area contributed by atoms with Gasteiger partial charge in [-0.25, -0.2) is 9.97 Å². The number of fused-ring (bicyclic) bond motifs is 1. The first-order valence-electron chi connectivity index (χ1n) is 8.18. The summed E-state index contributed by atoms with van der Waals surface area (Å²) in [5.41, 5.74) is 10.7. The van der Waals surface area contributed by atoms with E-state index in [0.717, 1.165) is 27.9 Å². The molecule has 0 bridgehead atoms. The molecule has 0 aliphatic rings. The Hall–Kier alpha value is -3.67. The molecule has 0 atom stereocenters. The van der Waals surface area contributed by atoms with Crippen molar-refractivity contribution >= 4 is 23.2 Å². The van der Waals surface area contributed by atoms with E-state index in [0.29, 0.717) is 11.6 Å². The molecule has 0 spiro atoms. The lowest BCUT2D eigenvalue weighted by Crippen LogP contribution is -2.05. The van der Waals surface area contributed by atoms with Crippen molar-refractivity contribution in [3.63, 3.8) is 0 Å². The highest BCUT2D eigenvalue weighted by Gasteiger charge is 2.09. The number of pyridine rings is 2. The van der Waals surface area contributed by atoms with Crippen molar-refractivity contribution in [1.29, 1.82) is 0 Å².